The number of pyridine rings is 1. The number of fused-ring (bicyclic) bond motifs is 2. The van der Waals surface area contributed by atoms with Crippen molar-refractivity contribution in [3.63, 3.8) is 0 Å². The monoisotopic (exact) mass is 427 g/mol. The third-order valence-corrected chi connectivity index (χ3v) is 6.97. The van der Waals surface area contributed by atoms with Gasteiger partial charge in [-0.3, -0.25) is 4.99 Å². The molecule has 4 heterocycles. The van der Waals surface area contributed by atoms with E-state index in [1.807, 2.05) is 19.1 Å². The van der Waals surface area contributed by atoms with Crippen LogP contribution in [0.5, 0.6) is 5.75 Å². The fourth-order valence-corrected chi connectivity index (χ4v) is 5.32. The highest BCUT2D eigenvalue weighted by atomic mass is 32.2. The first-order valence-corrected chi connectivity index (χ1v) is 11.9. The van der Waals surface area contributed by atoms with Crippen LogP contribution in [0.4, 0.5) is 0 Å². The van der Waals surface area contributed by atoms with Gasteiger partial charge in [0.1, 0.15) is 10.8 Å². The van der Waals surface area contributed by atoms with Gasteiger partial charge >= 0.3 is 0 Å². The lowest BCUT2D eigenvalue weighted by molar-refractivity contribution is 0.0899. The minimum absolute atomic E-state index is 0.255. The van der Waals surface area contributed by atoms with Gasteiger partial charge in [0.25, 0.3) is 0 Å². The maximum atomic E-state index is 5.92. The average Bonchev–Trinajstić information content (AvgIpc) is 3.45. The lowest BCUT2D eigenvalue weighted by Crippen LogP contribution is -2.38. The number of amidine groups is 1. The molecule has 2 atom stereocenters. The van der Waals surface area contributed by atoms with E-state index in [4.69, 9.17) is 24.2 Å². The molecule has 0 aliphatic carbocycles. The molecule has 1 aromatic heterocycles. The van der Waals surface area contributed by atoms with Gasteiger partial charge in [-0.1, -0.05) is 0 Å². The van der Waals surface area contributed by atoms with Gasteiger partial charge < -0.3 is 19.1 Å². The number of aliphatic imine (C=N–C) groups is 1. The summed E-state index contributed by atoms with van der Waals surface area (Å²) < 4.78 is 17.4. The highest BCUT2D eigenvalue weighted by Crippen LogP contribution is 2.35. The van der Waals surface area contributed by atoms with Crippen molar-refractivity contribution in [1.29, 1.82) is 0 Å². The highest BCUT2D eigenvalue weighted by Gasteiger charge is 2.28. The Balaban J connectivity index is 1.43. The van der Waals surface area contributed by atoms with Gasteiger partial charge in [0.15, 0.2) is 5.17 Å². The summed E-state index contributed by atoms with van der Waals surface area (Å²) in [6.07, 6.45) is 5.07. The van der Waals surface area contributed by atoms with Crippen LogP contribution in [0, 0.1) is 0 Å². The van der Waals surface area contributed by atoms with Crippen LogP contribution in [0.3, 0.4) is 0 Å². The third kappa shape index (κ3) is 4.43. The van der Waals surface area contributed by atoms with Gasteiger partial charge in [-0.05, 0) is 68.6 Å². The van der Waals surface area contributed by atoms with Crippen molar-refractivity contribution in [2.45, 2.75) is 56.4 Å². The molecule has 0 spiro atoms. The summed E-state index contributed by atoms with van der Waals surface area (Å²) in [4.78, 5) is 12.3. The summed E-state index contributed by atoms with van der Waals surface area (Å²) in [6, 6.07) is 8.38. The zero-order valence-electron chi connectivity index (χ0n) is 17.5. The molecule has 2 fully saturated rings. The molecule has 160 valence electrons. The Morgan fingerprint density at radius 1 is 1.17 bits per heavy atom. The molecule has 2 aromatic rings. The third-order valence-electron chi connectivity index (χ3n) is 5.86. The molecule has 0 amide bonds. The second kappa shape index (κ2) is 9.12. The maximum absolute atomic E-state index is 5.92. The second-order valence-corrected chi connectivity index (χ2v) is 9.07. The van der Waals surface area contributed by atoms with Gasteiger partial charge in [0, 0.05) is 37.3 Å². The Morgan fingerprint density at radius 3 is 2.77 bits per heavy atom. The van der Waals surface area contributed by atoms with E-state index in [9.17, 15) is 0 Å². The van der Waals surface area contributed by atoms with E-state index in [1.54, 1.807) is 11.8 Å². The van der Waals surface area contributed by atoms with Gasteiger partial charge in [0.2, 0.25) is 0 Å². The predicted octanol–water partition coefficient (Wildman–Crippen LogP) is 4.26. The van der Waals surface area contributed by atoms with Crippen molar-refractivity contribution in [3.8, 4) is 5.75 Å². The first-order valence-electron chi connectivity index (χ1n) is 11.1. The molecule has 30 heavy (non-hydrogen) atoms. The normalized spacial score (nSPS) is 25.2. The molecular weight excluding hydrogens is 398 g/mol. The van der Waals surface area contributed by atoms with Crippen molar-refractivity contribution in [3.05, 3.63) is 29.8 Å². The molecule has 3 aliphatic heterocycles. The van der Waals surface area contributed by atoms with E-state index in [2.05, 4.69) is 17.0 Å². The molecule has 0 bridgehead atoms. The van der Waals surface area contributed by atoms with E-state index in [1.165, 1.54) is 5.56 Å². The first kappa shape index (κ1) is 20.1. The molecule has 0 N–H and O–H groups in total. The van der Waals surface area contributed by atoms with Crippen LogP contribution in [0.1, 0.15) is 38.2 Å². The first-order chi connectivity index (χ1) is 14.8. The second-order valence-electron chi connectivity index (χ2n) is 8.12. The van der Waals surface area contributed by atoms with Crippen LogP contribution >= 0.6 is 11.8 Å². The maximum Gasteiger partial charge on any atom is 0.166 e. The molecule has 0 saturated carbocycles. The summed E-state index contributed by atoms with van der Waals surface area (Å²) in [5.41, 5.74) is 2.24. The fraction of sp³-hybridized carbons (Fsp3) is 0.565. The van der Waals surface area contributed by atoms with Crippen LogP contribution in [-0.4, -0.2) is 60.2 Å². The van der Waals surface area contributed by atoms with E-state index in [-0.39, 0.29) is 12.2 Å². The smallest absolute Gasteiger partial charge is 0.166 e. The number of nitrogens with zero attached hydrogens (tertiary/aromatic N) is 3. The van der Waals surface area contributed by atoms with E-state index >= 15 is 0 Å². The molecule has 6 nitrogen and oxygen atoms in total. The Kier molecular flexibility index (Phi) is 6.11. The lowest BCUT2D eigenvalue weighted by atomic mass is 10.1. The summed E-state index contributed by atoms with van der Waals surface area (Å²) >= 11 is 1.68. The molecule has 0 unspecified atom stereocenters. The molecule has 1 aromatic carbocycles. The number of benzene rings is 1. The van der Waals surface area contributed by atoms with Gasteiger partial charge in [-0.2, -0.15) is 0 Å². The van der Waals surface area contributed by atoms with Crippen molar-refractivity contribution < 1.29 is 14.2 Å². The minimum Gasteiger partial charge on any atom is -0.494 e. The Morgan fingerprint density at radius 2 is 2.00 bits per heavy atom. The number of ether oxygens (including phenoxy) is 3. The fourth-order valence-electron chi connectivity index (χ4n) is 4.34. The lowest BCUT2D eigenvalue weighted by Gasteiger charge is -2.32. The summed E-state index contributed by atoms with van der Waals surface area (Å²) in [7, 11) is 0. The Bertz CT molecular complexity index is 923. The van der Waals surface area contributed by atoms with Crippen LogP contribution < -0.4 is 4.74 Å². The standard InChI is InChI=1S/C23H29N3O3S/c1-2-27-18-7-8-21-16(12-18)11-17-14-26(15-20-6-4-10-29-20)23(30-22(17)25-21)24-13-19-5-3-9-28-19/h7-8,11-12,19-20H,2-6,9-10,13-15H2,1H3/t19-,20-/m0/s1. The van der Waals surface area contributed by atoms with Crippen molar-refractivity contribution in [2.75, 3.05) is 32.9 Å². The SMILES string of the molecule is CCOc1ccc2nc3c(cc2c1)CN(C[C@@H]1CCCO1)C(=NC[C@@H]1CCCO1)S3. The average molecular weight is 428 g/mol. The molecule has 3 aliphatic rings. The Labute approximate surface area is 182 Å². The number of hydrogen-bond donors (Lipinski definition) is 0. The summed E-state index contributed by atoms with van der Waals surface area (Å²) in [5, 5.41) is 3.23. The van der Waals surface area contributed by atoms with Gasteiger partial charge in [-0.15, -0.1) is 0 Å². The predicted molar refractivity (Wildman–Crippen MR) is 119 cm³/mol. The number of thioether (sulfide) groups is 1. The van der Waals surface area contributed by atoms with Crippen LogP contribution in [0.15, 0.2) is 34.3 Å². The van der Waals surface area contributed by atoms with E-state index in [0.29, 0.717) is 6.61 Å². The largest absolute Gasteiger partial charge is 0.494 e. The Hall–Kier alpha value is -1.83. The van der Waals surface area contributed by atoms with E-state index < -0.39 is 0 Å². The zero-order chi connectivity index (χ0) is 20.3. The van der Waals surface area contributed by atoms with E-state index in [0.717, 1.165) is 85.4 Å². The van der Waals surface area contributed by atoms with Gasteiger partial charge in [-0.25, -0.2) is 4.98 Å². The number of hydrogen-bond acceptors (Lipinski definition) is 6. The highest BCUT2D eigenvalue weighted by molar-refractivity contribution is 8.13. The van der Waals surface area contributed by atoms with Crippen molar-refractivity contribution >= 4 is 27.8 Å². The van der Waals surface area contributed by atoms with Crippen molar-refractivity contribution in [1.82, 2.24) is 9.88 Å². The summed E-state index contributed by atoms with van der Waals surface area (Å²) in [5.74, 6) is 0.894. The van der Waals surface area contributed by atoms with Crippen LogP contribution in [0.25, 0.3) is 10.9 Å². The number of aromatic nitrogens is 1. The van der Waals surface area contributed by atoms with Gasteiger partial charge in [0.05, 0.1) is 30.9 Å². The molecule has 5 rings (SSSR count). The number of rotatable bonds is 6. The summed E-state index contributed by atoms with van der Waals surface area (Å²) in [6.45, 7) is 6.83. The minimum atomic E-state index is 0.255. The molecular formula is C23H29N3O3S. The topological polar surface area (TPSA) is 56.2 Å². The van der Waals surface area contributed by atoms with Crippen LogP contribution in [0.2, 0.25) is 0 Å². The molecule has 0 radical (unpaired) electrons. The molecule has 7 heteroatoms. The van der Waals surface area contributed by atoms with Crippen LogP contribution in [-0.2, 0) is 16.0 Å². The van der Waals surface area contributed by atoms with Crippen molar-refractivity contribution in [2.24, 2.45) is 4.99 Å². The zero-order valence-corrected chi connectivity index (χ0v) is 18.3. The quantitative estimate of drug-likeness (QED) is 0.687. The molecule has 2 saturated heterocycles.